The van der Waals surface area contributed by atoms with Crippen LogP contribution < -0.4 is 0 Å². The molecular weight excluding hydrogens is 391 g/mol. The predicted octanol–water partition coefficient (Wildman–Crippen LogP) is 7.01. The fraction of sp³-hybridized carbons (Fsp3) is 0. The van der Waals surface area contributed by atoms with E-state index in [1.807, 2.05) is 18.2 Å². The maximum Gasteiger partial charge on any atom is 0.253 e. The van der Waals surface area contributed by atoms with Crippen LogP contribution in [0.5, 0.6) is 0 Å². The number of hydrogen-bond acceptors (Lipinski definition) is 2. The Bertz CT molecular complexity index is 1400. The maximum atomic E-state index is 12.0. The van der Waals surface area contributed by atoms with Crippen molar-refractivity contribution in [2.24, 2.45) is 0 Å². The van der Waals surface area contributed by atoms with E-state index in [9.17, 15) is 9.59 Å². The molecule has 134 valence electrons. The van der Waals surface area contributed by atoms with Crippen LogP contribution >= 0.6 is 23.2 Å². The minimum absolute atomic E-state index is 0.323. The molecule has 0 fully saturated rings. The Balaban J connectivity index is 1.94. The molecule has 4 heteroatoms. The summed E-state index contributed by atoms with van der Waals surface area (Å²) in [6, 6.07) is 23.3. The summed E-state index contributed by atoms with van der Waals surface area (Å²) >= 11 is 11.5. The van der Waals surface area contributed by atoms with Crippen LogP contribution in [0.25, 0.3) is 43.4 Å². The highest BCUT2D eigenvalue weighted by Crippen LogP contribution is 2.40. The zero-order valence-electron chi connectivity index (χ0n) is 14.5. The summed E-state index contributed by atoms with van der Waals surface area (Å²) in [5.41, 5.74) is 2.11. The molecule has 0 spiro atoms. The van der Waals surface area contributed by atoms with E-state index in [2.05, 4.69) is 36.4 Å². The van der Waals surface area contributed by atoms with Crippen LogP contribution in [0.4, 0.5) is 0 Å². The van der Waals surface area contributed by atoms with Gasteiger partial charge in [-0.2, -0.15) is 0 Å². The molecule has 0 unspecified atom stereocenters. The van der Waals surface area contributed by atoms with Crippen molar-refractivity contribution in [1.82, 2.24) is 0 Å². The lowest BCUT2D eigenvalue weighted by Crippen LogP contribution is -1.98. The van der Waals surface area contributed by atoms with E-state index < -0.39 is 10.5 Å². The van der Waals surface area contributed by atoms with Gasteiger partial charge < -0.3 is 0 Å². The van der Waals surface area contributed by atoms with E-state index in [-0.39, 0.29) is 0 Å². The quantitative estimate of drug-likeness (QED) is 0.240. The van der Waals surface area contributed by atoms with Crippen LogP contribution in [0, 0.1) is 0 Å². The topological polar surface area (TPSA) is 34.1 Å². The second kappa shape index (κ2) is 6.30. The first-order valence-corrected chi connectivity index (χ1v) is 9.51. The van der Waals surface area contributed by atoms with Crippen LogP contribution in [0.3, 0.4) is 0 Å². The minimum Gasteiger partial charge on any atom is -0.276 e. The van der Waals surface area contributed by atoms with Crippen molar-refractivity contribution in [3.63, 3.8) is 0 Å². The smallest absolute Gasteiger partial charge is 0.253 e. The Morgan fingerprint density at radius 3 is 1.93 bits per heavy atom. The molecule has 0 bridgehead atoms. The van der Waals surface area contributed by atoms with Crippen LogP contribution in [0.2, 0.25) is 0 Å². The van der Waals surface area contributed by atoms with Crippen LogP contribution in [-0.2, 0) is 0 Å². The Labute approximate surface area is 170 Å². The van der Waals surface area contributed by atoms with Gasteiger partial charge in [-0.25, -0.2) is 0 Å². The number of benzene rings is 5. The highest BCUT2D eigenvalue weighted by atomic mass is 35.5. The number of halogens is 2. The lowest BCUT2D eigenvalue weighted by atomic mass is 9.88. The second-order valence-corrected chi connectivity index (χ2v) is 7.46. The molecule has 5 rings (SSSR count). The molecule has 0 atom stereocenters. The fourth-order valence-corrected chi connectivity index (χ4v) is 4.31. The Morgan fingerprint density at radius 2 is 1.25 bits per heavy atom. The second-order valence-electron chi connectivity index (χ2n) is 6.78. The first-order valence-electron chi connectivity index (χ1n) is 8.75. The molecule has 5 aromatic carbocycles. The van der Waals surface area contributed by atoms with Crippen LogP contribution in [0.1, 0.15) is 20.7 Å². The molecule has 0 aromatic heterocycles. The van der Waals surface area contributed by atoms with E-state index in [1.54, 1.807) is 12.1 Å². The Hall–Kier alpha value is -2.94. The van der Waals surface area contributed by atoms with Crippen molar-refractivity contribution >= 4 is 66.0 Å². The lowest BCUT2D eigenvalue weighted by molar-refractivity contribution is 0.107. The summed E-state index contributed by atoms with van der Waals surface area (Å²) in [5.74, 6) is 0. The van der Waals surface area contributed by atoms with Crippen LogP contribution in [-0.4, -0.2) is 10.5 Å². The molecule has 0 saturated heterocycles. The van der Waals surface area contributed by atoms with Gasteiger partial charge in [0.15, 0.2) is 0 Å². The van der Waals surface area contributed by atoms with Gasteiger partial charge in [-0.3, -0.25) is 9.59 Å². The van der Waals surface area contributed by atoms with Gasteiger partial charge in [-0.05, 0) is 84.8 Å². The van der Waals surface area contributed by atoms with Crippen molar-refractivity contribution in [3.8, 4) is 11.1 Å². The first kappa shape index (κ1) is 17.2. The van der Waals surface area contributed by atoms with Crippen LogP contribution in [0.15, 0.2) is 72.8 Å². The number of carbonyl (C=O) groups excluding carboxylic acids is 2. The van der Waals surface area contributed by atoms with Crippen molar-refractivity contribution in [2.75, 3.05) is 0 Å². The zero-order valence-corrected chi connectivity index (χ0v) is 16.0. The number of rotatable bonds is 3. The average Bonchev–Trinajstić information content (AvgIpc) is 2.71. The highest BCUT2D eigenvalue weighted by molar-refractivity contribution is 6.69. The summed E-state index contributed by atoms with van der Waals surface area (Å²) in [6.07, 6.45) is 0. The molecule has 0 N–H and O–H groups in total. The molecule has 0 radical (unpaired) electrons. The first-order chi connectivity index (χ1) is 13.5. The predicted molar refractivity (Wildman–Crippen MR) is 116 cm³/mol. The minimum atomic E-state index is -0.576. The SMILES string of the molecule is O=C(Cl)c1ccc(C(=O)Cl)c(-c2ccc3ccc4cccc5ccc2c3c45)c1. The molecule has 2 nitrogen and oxygen atoms in total. The third-order valence-corrected chi connectivity index (χ3v) is 5.70. The Kier molecular flexibility index (Phi) is 3.87. The van der Waals surface area contributed by atoms with Gasteiger partial charge in [0, 0.05) is 11.1 Å². The van der Waals surface area contributed by atoms with Gasteiger partial charge in [0.1, 0.15) is 0 Å². The molecule has 0 heterocycles. The van der Waals surface area contributed by atoms with E-state index in [0.717, 1.165) is 32.5 Å². The summed E-state index contributed by atoms with van der Waals surface area (Å²) in [7, 11) is 0. The summed E-state index contributed by atoms with van der Waals surface area (Å²) in [4.78, 5) is 23.7. The summed E-state index contributed by atoms with van der Waals surface area (Å²) in [6.45, 7) is 0. The largest absolute Gasteiger partial charge is 0.276 e. The molecule has 0 aliphatic rings. The molecule has 0 saturated carbocycles. The van der Waals surface area contributed by atoms with Crippen molar-refractivity contribution in [1.29, 1.82) is 0 Å². The monoisotopic (exact) mass is 402 g/mol. The third-order valence-electron chi connectivity index (χ3n) is 5.28. The normalized spacial score (nSPS) is 11.5. The Morgan fingerprint density at radius 1 is 0.607 bits per heavy atom. The van der Waals surface area contributed by atoms with Gasteiger partial charge in [-0.15, -0.1) is 0 Å². The van der Waals surface area contributed by atoms with Crippen molar-refractivity contribution in [3.05, 3.63) is 83.9 Å². The van der Waals surface area contributed by atoms with Crippen molar-refractivity contribution < 1.29 is 9.59 Å². The molecule has 0 amide bonds. The molecule has 28 heavy (non-hydrogen) atoms. The lowest BCUT2D eigenvalue weighted by Gasteiger charge is -2.15. The highest BCUT2D eigenvalue weighted by Gasteiger charge is 2.18. The number of carbonyl (C=O) groups is 2. The van der Waals surface area contributed by atoms with E-state index >= 15 is 0 Å². The van der Waals surface area contributed by atoms with Gasteiger partial charge in [-0.1, -0.05) is 54.6 Å². The third kappa shape index (κ3) is 2.50. The summed E-state index contributed by atoms with van der Waals surface area (Å²) < 4.78 is 0. The molecule has 0 aliphatic carbocycles. The van der Waals surface area contributed by atoms with Gasteiger partial charge >= 0.3 is 0 Å². The van der Waals surface area contributed by atoms with Gasteiger partial charge in [0.2, 0.25) is 0 Å². The standard InChI is InChI=1S/C24H12Cl2O2/c25-23(27)16-8-11-19(24(26)28)20(12-16)17-9-6-15-5-4-13-2-1-3-14-7-10-18(17)22(15)21(13)14/h1-12H. The van der Waals surface area contributed by atoms with Gasteiger partial charge in [0.05, 0.1) is 0 Å². The zero-order chi connectivity index (χ0) is 19.4. The van der Waals surface area contributed by atoms with Crippen molar-refractivity contribution in [2.45, 2.75) is 0 Å². The van der Waals surface area contributed by atoms with Gasteiger partial charge in [0.25, 0.3) is 10.5 Å². The fourth-order valence-electron chi connectivity index (χ4n) is 4.03. The maximum absolute atomic E-state index is 12.0. The molecule has 0 aliphatic heterocycles. The molecule has 5 aromatic rings. The average molecular weight is 403 g/mol. The van der Waals surface area contributed by atoms with E-state index in [4.69, 9.17) is 23.2 Å². The van der Waals surface area contributed by atoms with E-state index in [0.29, 0.717) is 16.7 Å². The number of hydrogen-bond donors (Lipinski definition) is 0. The summed E-state index contributed by atoms with van der Waals surface area (Å²) in [5, 5.41) is 5.59. The molecular formula is C24H12Cl2O2. The van der Waals surface area contributed by atoms with E-state index in [1.165, 1.54) is 11.5 Å².